The van der Waals surface area contributed by atoms with Gasteiger partial charge in [-0.3, -0.25) is 4.90 Å². The van der Waals surface area contributed by atoms with E-state index >= 15 is 0 Å². The molecule has 0 saturated carbocycles. The monoisotopic (exact) mass is 265 g/mol. The van der Waals surface area contributed by atoms with E-state index in [9.17, 15) is 4.79 Å². The second kappa shape index (κ2) is 3.99. The summed E-state index contributed by atoms with van der Waals surface area (Å²) >= 11 is 0. The maximum Gasteiger partial charge on any atom is 0.490 e. The van der Waals surface area contributed by atoms with Crippen LogP contribution in [0, 0.1) is 0 Å². The van der Waals surface area contributed by atoms with Crippen LogP contribution in [0.25, 0.3) is 0 Å². The van der Waals surface area contributed by atoms with Gasteiger partial charge in [-0.2, -0.15) is 0 Å². The molecule has 0 bridgehead atoms. The standard InChI is InChI=1S/C13H20BNO4/c1-12(2)13(3,4)19-14(18-12)9-5-6-15-10(7-9)8-17-11(15)16/h7,10H,5-6,8H2,1-4H3. The number of amides is 1. The SMILES string of the molecule is CC1(C)OB(C2=CC3COC(=O)N3CC2)OC1(C)C. The molecule has 0 N–H and O–H groups in total. The van der Waals surface area contributed by atoms with Crippen LogP contribution in [-0.4, -0.2) is 48.5 Å². The van der Waals surface area contributed by atoms with Crippen LogP contribution in [0.1, 0.15) is 34.1 Å². The molecular formula is C13H20BNO4. The molecule has 3 aliphatic heterocycles. The van der Waals surface area contributed by atoms with Gasteiger partial charge in [0.05, 0.1) is 17.2 Å². The Morgan fingerprint density at radius 1 is 1.26 bits per heavy atom. The first kappa shape index (κ1) is 13.0. The minimum Gasteiger partial charge on any atom is -0.447 e. The van der Waals surface area contributed by atoms with E-state index in [1.807, 2.05) is 27.7 Å². The minimum atomic E-state index is -0.322. The molecular weight excluding hydrogens is 245 g/mol. The lowest BCUT2D eigenvalue weighted by molar-refractivity contribution is 0.00578. The minimum absolute atomic E-state index is 0.0373. The second-order valence-electron chi connectivity index (χ2n) is 6.42. The summed E-state index contributed by atoms with van der Waals surface area (Å²) in [6.45, 7) is 9.30. The summed E-state index contributed by atoms with van der Waals surface area (Å²) in [5.74, 6) is 0. The Morgan fingerprint density at radius 2 is 1.89 bits per heavy atom. The number of hydrogen-bond donors (Lipinski definition) is 0. The van der Waals surface area contributed by atoms with Crippen molar-refractivity contribution < 1.29 is 18.8 Å². The van der Waals surface area contributed by atoms with Gasteiger partial charge in [-0.15, -0.1) is 0 Å². The molecule has 1 atom stereocenters. The van der Waals surface area contributed by atoms with Crippen molar-refractivity contribution in [1.82, 2.24) is 4.90 Å². The number of ether oxygens (including phenoxy) is 1. The predicted molar refractivity (Wildman–Crippen MR) is 70.6 cm³/mol. The van der Waals surface area contributed by atoms with Gasteiger partial charge in [0.25, 0.3) is 0 Å². The third-order valence-corrected chi connectivity index (χ3v) is 4.62. The molecule has 0 aromatic rings. The lowest BCUT2D eigenvalue weighted by Gasteiger charge is -2.32. The first-order chi connectivity index (χ1) is 8.80. The largest absolute Gasteiger partial charge is 0.490 e. The van der Waals surface area contributed by atoms with Crippen LogP contribution < -0.4 is 0 Å². The number of carbonyl (C=O) groups excluding carboxylic acids is 1. The highest BCUT2D eigenvalue weighted by Gasteiger charge is 2.53. The topological polar surface area (TPSA) is 48.0 Å². The highest BCUT2D eigenvalue weighted by Crippen LogP contribution is 2.40. The molecule has 0 radical (unpaired) electrons. The molecule has 19 heavy (non-hydrogen) atoms. The van der Waals surface area contributed by atoms with Crippen molar-refractivity contribution in [2.75, 3.05) is 13.2 Å². The third kappa shape index (κ3) is 1.97. The van der Waals surface area contributed by atoms with Gasteiger partial charge in [-0.1, -0.05) is 6.08 Å². The molecule has 3 heterocycles. The van der Waals surface area contributed by atoms with Crippen LogP contribution in [0.3, 0.4) is 0 Å². The zero-order chi connectivity index (χ0) is 13.8. The van der Waals surface area contributed by atoms with Crippen LogP contribution in [-0.2, 0) is 14.0 Å². The van der Waals surface area contributed by atoms with Crippen molar-refractivity contribution in [2.45, 2.75) is 51.4 Å². The zero-order valence-corrected chi connectivity index (χ0v) is 11.9. The molecule has 3 aliphatic rings. The van der Waals surface area contributed by atoms with Crippen LogP contribution >= 0.6 is 0 Å². The molecule has 3 rings (SSSR count). The molecule has 104 valence electrons. The molecule has 6 heteroatoms. The van der Waals surface area contributed by atoms with Crippen LogP contribution in [0.4, 0.5) is 4.79 Å². The van der Waals surface area contributed by atoms with Crippen LogP contribution in [0.5, 0.6) is 0 Å². The Morgan fingerprint density at radius 3 is 2.53 bits per heavy atom. The van der Waals surface area contributed by atoms with E-state index in [0.717, 1.165) is 11.9 Å². The van der Waals surface area contributed by atoms with Crippen LogP contribution in [0.2, 0.25) is 0 Å². The van der Waals surface area contributed by atoms with Gasteiger partial charge in [0.15, 0.2) is 0 Å². The molecule has 1 amide bonds. The summed E-state index contributed by atoms with van der Waals surface area (Å²) in [4.78, 5) is 13.2. The fourth-order valence-corrected chi connectivity index (χ4v) is 2.63. The summed E-state index contributed by atoms with van der Waals surface area (Å²) in [7, 11) is -0.303. The van der Waals surface area contributed by atoms with Crippen molar-refractivity contribution in [3.05, 3.63) is 11.5 Å². The van der Waals surface area contributed by atoms with E-state index in [2.05, 4.69) is 6.08 Å². The molecule has 1 unspecified atom stereocenters. The van der Waals surface area contributed by atoms with E-state index in [4.69, 9.17) is 14.0 Å². The lowest BCUT2D eigenvalue weighted by Crippen LogP contribution is -2.41. The van der Waals surface area contributed by atoms with E-state index < -0.39 is 0 Å². The quantitative estimate of drug-likeness (QED) is 0.678. The molecule has 0 aromatic carbocycles. The maximum atomic E-state index is 11.5. The summed E-state index contributed by atoms with van der Waals surface area (Å²) in [6, 6.07) is 0.0373. The van der Waals surface area contributed by atoms with Crippen molar-refractivity contribution in [3.63, 3.8) is 0 Å². The van der Waals surface area contributed by atoms with Gasteiger partial charge in [-0.05, 0) is 39.6 Å². The Bertz CT molecular complexity index is 430. The van der Waals surface area contributed by atoms with E-state index in [1.54, 1.807) is 4.90 Å². The van der Waals surface area contributed by atoms with E-state index in [1.165, 1.54) is 0 Å². The van der Waals surface area contributed by atoms with Crippen molar-refractivity contribution in [1.29, 1.82) is 0 Å². The van der Waals surface area contributed by atoms with Crippen molar-refractivity contribution >= 4 is 13.2 Å². The van der Waals surface area contributed by atoms with Gasteiger partial charge < -0.3 is 14.0 Å². The Hall–Kier alpha value is -1.01. The number of nitrogens with zero attached hydrogens (tertiary/aromatic N) is 1. The van der Waals surface area contributed by atoms with Gasteiger partial charge in [-0.25, -0.2) is 4.79 Å². The Balaban J connectivity index is 1.78. The summed E-state index contributed by atoms with van der Waals surface area (Å²) < 4.78 is 17.1. The highest BCUT2D eigenvalue weighted by atomic mass is 16.7. The average Bonchev–Trinajstić information content (AvgIpc) is 2.78. The summed E-state index contributed by atoms with van der Waals surface area (Å²) in [6.07, 6.45) is 2.63. The predicted octanol–water partition coefficient (Wildman–Crippen LogP) is 1.77. The molecule has 5 nitrogen and oxygen atoms in total. The van der Waals surface area contributed by atoms with Gasteiger partial charge in [0, 0.05) is 6.54 Å². The molecule has 2 saturated heterocycles. The molecule has 0 aliphatic carbocycles. The summed E-state index contributed by atoms with van der Waals surface area (Å²) in [5, 5.41) is 0. The molecule has 0 spiro atoms. The Kier molecular flexibility index (Phi) is 2.73. The Labute approximate surface area is 114 Å². The van der Waals surface area contributed by atoms with E-state index in [0.29, 0.717) is 13.2 Å². The third-order valence-electron chi connectivity index (χ3n) is 4.62. The second-order valence-corrected chi connectivity index (χ2v) is 6.42. The van der Waals surface area contributed by atoms with Crippen LogP contribution in [0.15, 0.2) is 11.5 Å². The normalized spacial score (nSPS) is 32.1. The highest BCUT2D eigenvalue weighted by molar-refractivity contribution is 6.54. The fraction of sp³-hybridized carbons (Fsp3) is 0.769. The number of hydrogen-bond acceptors (Lipinski definition) is 4. The van der Waals surface area contributed by atoms with E-state index in [-0.39, 0.29) is 30.5 Å². The van der Waals surface area contributed by atoms with Crippen molar-refractivity contribution in [3.8, 4) is 0 Å². The average molecular weight is 265 g/mol. The van der Waals surface area contributed by atoms with Gasteiger partial charge in [0.1, 0.15) is 6.61 Å². The number of fused-ring (bicyclic) bond motifs is 1. The number of carbonyl (C=O) groups is 1. The number of rotatable bonds is 1. The molecule has 2 fully saturated rings. The first-order valence-electron chi connectivity index (χ1n) is 6.80. The number of cyclic esters (lactones) is 1. The fourth-order valence-electron chi connectivity index (χ4n) is 2.63. The first-order valence-corrected chi connectivity index (χ1v) is 6.80. The van der Waals surface area contributed by atoms with Gasteiger partial charge in [0.2, 0.25) is 0 Å². The summed E-state index contributed by atoms with van der Waals surface area (Å²) in [5.41, 5.74) is 0.480. The zero-order valence-electron chi connectivity index (χ0n) is 11.9. The van der Waals surface area contributed by atoms with Gasteiger partial charge >= 0.3 is 13.2 Å². The van der Waals surface area contributed by atoms with Crippen molar-refractivity contribution in [2.24, 2.45) is 0 Å². The smallest absolute Gasteiger partial charge is 0.447 e. The maximum absolute atomic E-state index is 11.5. The lowest BCUT2D eigenvalue weighted by atomic mass is 9.74. The molecule has 0 aromatic heterocycles.